The van der Waals surface area contributed by atoms with Crippen LogP contribution in [0.25, 0.3) is 11.0 Å². The number of nitrogens with one attached hydrogen (secondary N) is 1. The van der Waals surface area contributed by atoms with E-state index in [4.69, 9.17) is 0 Å². The molecule has 0 unspecified atom stereocenters. The summed E-state index contributed by atoms with van der Waals surface area (Å²) in [7, 11) is 1.95. The summed E-state index contributed by atoms with van der Waals surface area (Å²) in [6.45, 7) is 7.01. The van der Waals surface area contributed by atoms with E-state index in [9.17, 15) is 0 Å². The summed E-state index contributed by atoms with van der Waals surface area (Å²) in [4.78, 5) is 4.52. The molecule has 6 heteroatoms. The standard InChI is InChI=1S/C15H20N6/c1-10(2)21-15-12(7-19-21)5-14(9-17-15)16-6-13-8-18-20(4)11(13)3/h5,7-10,16H,6H2,1-4H3. The zero-order valence-electron chi connectivity index (χ0n) is 12.8. The summed E-state index contributed by atoms with van der Waals surface area (Å²) in [5.41, 5.74) is 4.28. The largest absolute Gasteiger partial charge is 0.380 e. The van der Waals surface area contributed by atoms with E-state index in [-0.39, 0.29) is 0 Å². The summed E-state index contributed by atoms with van der Waals surface area (Å²) < 4.78 is 3.81. The molecule has 0 amide bonds. The minimum Gasteiger partial charge on any atom is -0.380 e. The van der Waals surface area contributed by atoms with Crippen LogP contribution < -0.4 is 5.32 Å². The van der Waals surface area contributed by atoms with Crippen molar-refractivity contribution < 1.29 is 0 Å². The van der Waals surface area contributed by atoms with Gasteiger partial charge in [-0.1, -0.05) is 0 Å². The highest BCUT2D eigenvalue weighted by Crippen LogP contribution is 2.19. The fourth-order valence-corrected chi connectivity index (χ4v) is 2.33. The number of aromatic nitrogens is 5. The third kappa shape index (κ3) is 2.49. The molecule has 0 radical (unpaired) electrons. The second kappa shape index (κ2) is 5.20. The highest BCUT2D eigenvalue weighted by atomic mass is 15.3. The van der Waals surface area contributed by atoms with Crippen LogP contribution in [0.5, 0.6) is 0 Å². The van der Waals surface area contributed by atoms with Crippen LogP contribution in [-0.2, 0) is 13.6 Å². The van der Waals surface area contributed by atoms with Crippen LogP contribution >= 0.6 is 0 Å². The smallest absolute Gasteiger partial charge is 0.158 e. The summed E-state index contributed by atoms with van der Waals surface area (Å²) in [6, 6.07) is 2.40. The van der Waals surface area contributed by atoms with Crippen molar-refractivity contribution in [1.82, 2.24) is 24.5 Å². The monoisotopic (exact) mass is 284 g/mol. The molecule has 21 heavy (non-hydrogen) atoms. The van der Waals surface area contributed by atoms with E-state index in [1.807, 2.05) is 35.0 Å². The normalized spacial score (nSPS) is 11.5. The van der Waals surface area contributed by atoms with Gasteiger partial charge in [-0.3, -0.25) is 4.68 Å². The Hall–Kier alpha value is -2.37. The third-order valence-corrected chi connectivity index (χ3v) is 3.74. The molecule has 0 atom stereocenters. The molecule has 0 saturated carbocycles. The third-order valence-electron chi connectivity index (χ3n) is 3.74. The van der Waals surface area contributed by atoms with Crippen molar-refractivity contribution in [3.05, 3.63) is 35.9 Å². The number of anilines is 1. The zero-order chi connectivity index (χ0) is 15.0. The van der Waals surface area contributed by atoms with Gasteiger partial charge in [0.1, 0.15) is 0 Å². The molecule has 3 aromatic rings. The number of nitrogens with zero attached hydrogens (tertiary/aromatic N) is 5. The van der Waals surface area contributed by atoms with Gasteiger partial charge in [0.15, 0.2) is 5.65 Å². The molecule has 0 fully saturated rings. The number of pyridine rings is 1. The number of fused-ring (bicyclic) bond motifs is 1. The Labute approximate surface area is 123 Å². The summed E-state index contributed by atoms with van der Waals surface area (Å²) in [6.07, 6.45) is 5.61. The van der Waals surface area contributed by atoms with Crippen LogP contribution in [0.2, 0.25) is 0 Å². The molecule has 0 saturated heterocycles. The summed E-state index contributed by atoms with van der Waals surface area (Å²) in [5, 5.41) is 13.1. The van der Waals surface area contributed by atoms with Crippen LogP contribution in [-0.4, -0.2) is 24.5 Å². The first-order chi connectivity index (χ1) is 10.1. The Morgan fingerprint density at radius 3 is 2.67 bits per heavy atom. The van der Waals surface area contributed by atoms with Gasteiger partial charge < -0.3 is 5.32 Å². The van der Waals surface area contributed by atoms with E-state index in [0.29, 0.717) is 6.04 Å². The molecule has 3 heterocycles. The Bertz CT molecular complexity index is 768. The van der Waals surface area contributed by atoms with E-state index in [0.717, 1.165) is 23.3 Å². The molecule has 6 nitrogen and oxygen atoms in total. The molecule has 0 aromatic carbocycles. The lowest BCUT2D eigenvalue weighted by molar-refractivity contribution is 0.546. The SMILES string of the molecule is Cc1c(CNc2cnc3c(cnn3C(C)C)c2)cnn1C. The maximum atomic E-state index is 4.52. The average Bonchev–Trinajstić information content (AvgIpc) is 3.02. The number of hydrogen-bond donors (Lipinski definition) is 1. The Balaban J connectivity index is 1.80. The first-order valence-corrected chi connectivity index (χ1v) is 7.11. The van der Waals surface area contributed by atoms with Crippen molar-refractivity contribution in [1.29, 1.82) is 0 Å². The molecule has 0 aliphatic rings. The molecule has 110 valence electrons. The number of hydrogen-bond acceptors (Lipinski definition) is 4. The van der Waals surface area contributed by atoms with Crippen molar-refractivity contribution in [2.45, 2.75) is 33.4 Å². The van der Waals surface area contributed by atoms with Crippen molar-refractivity contribution in [2.24, 2.45) is 7.05 Å². The minimum atomic E-state index is 0.312. The molecule has 1 N–H and O–H groups in total. The topological polar surface area (TPSA) is 60.6 Å². The fraction of sp³-hybridized carbons (Fsp3) is 0.400. The second-order valence-electron chi connectivity index (χ2n) is 5.55. The number of aryl methyl sites for hydroxylation is 1. The first kappa shape index (κ1) is 13.6. The fourth-order valence-electron chi connectivity index (χ4n) is 2.33. The van der Waals surface area contributed by atoms with Gasteiger partial charge in [-0.2, -0.15) is 10.2 Å². The quantitative estimate of drug-likeness (QED) is 0.800. The zero-order valence-corrected chi connectivity index (χ0v) is 12.8. The minimum absolute atomic E-state index is 0.312. The predicted molar refractivity (Wildman–Crippen MR) is 83.2 cm³/mol. The molecule has 0 aliphatic carbocycles. The van der Waals surface area contributed by atoms with Gasteiger partial charge >= 0.3 is 0 Å². The number of rotatable bonds is 4. The van der Waals surface area contributed by atoms with Gasteiger partial charge in [0.05, 0.1) is 24.3 Å². The van der Waals surface area contributed by atoms with Crippen LogP contribution in [0.15, 0.2) is 24.7 Å². The molecule has 0 aliphatic heterocycles. The predicted octanol–water partition coefficient (Wildman–Crippen LogP) is 2.67. The second-order valence-corrected chi connectivity index (χ2v) is 5.55. The summed E-state index contributed by atoms with van der Waals surface area (Å²) >= 11 is 0. The van der Waals surface area contributed by atoms with E-state index < -0.39 is 0 Å². The van der Waals surface area contributed by atoms with Crippen LogP contribution in [0.3, 0.4) is 0 Å². The van der Waals surface area contributed by atoms with Crippen molar-refractivity contribution in [3.63, 3.8) is 0 Å². The molecule has 0 bridgehead atoms. The van der Waals surface area contributed by atoms with Gasteiger partial charge in [-0.05, 0) is 26.8 Å². The molecule has 0 spiro atoms. The van der Waals surface area contributed by atoms with Crippen LogP contribution in [0, 0.1) is 6.92 Å². The maximum Gasteiger partial charge on any atom is 0.158 e. The van der Waals surface area contributed by atoms with Gasteiger partial charge in [0, 0.05) is 36.3 Å². The lowest BCUT2D eigenvalue weighted by Crippen LogP contribution is -2.04. The highest BCUT2D eigenvalue weighted by Gasteiger charge is 2.08. The van der Waals surface area contributed by atoms with Gasteiger partial charge in [-0.25, -0.2) is 9.67 Å². The van der Waals surface area contributed by atoms with Gasteiger partial charge in [-0.15, -0.1) is 0 Å². The van der Waals surface area contributed by atoms with E-state index >= 15 is 0 Å². The highest BCUT2D eigenvalue weighted by molar-refractivity contribution is 5.78. The van der Waals surface area contributed by atoms with E-state index in [1.165, 1.54) is 11.3 Å². The van der Waals surface area contributed by atoms with Crippen LogP contribution in [0.1, 0.15) is 31.1 Å². The Kier molecular flexibility index (Phi) is 3.37. The van der Waals surface area contributed by atoms with Crippen LogP contribution in [0.4, 0.5) is 5.69 Å². The molecular weight excluding hydrogens is 264 g/mol. The van der Waals surface area contributed by atoms with Crippen molar-refractivity contribution >= 4 is 16.7 Å². The summed E-state index contributed by atoms with van der Waals surface area (Å²) in [5.74, 6) is 0. The molecular formula is C15H20N6. The molecule has 3 aromatic heterocycles. The lowest BCUT2D eigenvalue weighted by atomic mass is 10.2. The first-order valence-electron chi connectivity index (χ1n) is 7.11. The van der Waals surface area contributed by atoms with Crippen molar-refractivity contribution in [2.75, 3.05) is 5.32 Å². The van der Waals surface area contributed by atoms with Gasteiger partial charge in [0.25, 0.3) is 0 Å². The van der Waals surface area contributed by atoms with Crippen molar-refractivity contribution in [3.8, 4) is 0 Å². The average molecular weight is 284 g/mol. The maximum absolute atomic E-state index is 4.52. The Morgan fingerprint density at radius 1 is 1.19 bits per heavy atom. The van der Waals surface area contributed by atoms with E-state index in [1.54, 1.807) is 0 Å². The Morgan fingerprint density at radius 2 is 2.00 bits per heavy atom. The van der Waals surface area contributed by atoms with E-state index in [2.05, 4.69) is 47.3 Å². The lowest BCUT2D eigenvalue weighted by Gasteiger charge is -2.08. The molecule has 3 rings (SSSR count). The van der Waals surface area contributed by atoms with Gasteiger partial charge in [0.2, 0.25) is 0 Å².